The van der Waals surface area contributed by atoms with Gasteiger partial charge in [0.1, 0.15) is 11.7 Å². The van der Waals surface area contributed by atoms with Crippen molar-refractivity contribution in [3.8, 4) is 0 Å². The maximum atomic E-state index is 12.5. The average Bonchev–Trinajstić information content (AvgIpc) is 3.00. The van der Waals surface area contributed by atoms with Crippen molar-refractivity contribution in [2.24, 2.45) is 0 Å². The van der Waals surface area contributed by atoms with Crippen LogP contribution < -0.4 is 5.46 Å². The summed E-state index contributed by atoms with van der Waals surface area (Å²) in [4.78, 5) is 19.3. The highest BCUT2D eigenvalue weighted by Gasteiger charge is 2.52. The second kappa shape index (κ2) is 9.41. The second-order valence-electron chi connectivity index (χ2n) is 11.5. The van der Waals surface area contributed by atoms with Gasteiger partial charge in [0.2, 0.25) is 0 Å². The van der Waals surface area contributed by atoms with Crippen LogP contribution in [0.25, 0.3) is 0 Å². The third-order valence-electron chi connectivity index (χ3n) is 7.12. The van der Waals surface area contributed by atoms with Crippen LogP contribution in [0.4, 0.5) is 4.79 Å². The van der Waals surface area contributed by atoms with Crippen LogP contribution >= 0.6 is 0 Å². The van der Waals surface area contributed by atoms with Crippen LogP contribution in [0, 0.1) is 0 Å². The molecule has 3 aliphatic heterocycles. The first kappa shape index (κ1) is 25.4. The number of likely N-dealkylation sites (tertiary alicyclic amines) is 1. The topological polar surface area (TPSA) is 79.4 Å². The molecule has 0 N–H and O–H groups in total. The highest BCUT2D eigenvalue weighted by molar-refractivity contribution is 6.62. The predicted octanol–water partition coefficient (Wildman–Crippen LogP) is 3.58. The van der Waals surface area contributed by atoms with Gasteiger partial charge in [0.15, 0.2) is 0 Å². The minimum Gasteiger partial charge on any atom is -0.444 e. The minimum atomic E-state index is -0.496. The summed E-state index contributed by atoms with van der Waals surface area (Å²) >= 11 is 0. The number of hydrogen-bond acceptors (Lipinski definition) is 7. The van der Waals surface area contributed by atoms with E-state index in [4.69, 9.17) is 28.5 Å². The van der Waals surface area contributed by atoms with Crippen LogP contribution in [0.5, 0.6) is 0 Å². The molecule has 4 rings (SSSR count). The van der Waals surface area contributed by atoms with Crippen LogP contribution in [0.3, 0.4) is 0 Å². The van der Waals surface area contributed by atoms with Crippen molar-refractivity contribution in [2.75, 3.05) is 32.9 Å². The van der Waals surface area contributed by atoms with E-state index in [9.17, 15) is 4.79 Å². The molecule has 0 saturated carbocycles. The molecule has 188 valence electrons. The first-order valence-electron chi connectivity index (χ1n) is 12.4. The maximum absolute atomic E-state index is 12.5. The molecule has 0 aliphatic carbocycles. The van der Waals surface area contributed by atoms with Crippen molar-refractivity contribution >= 4 is 18.7 Å². The molecule has 34 heavy (non-hydrogen) atoms. The fourth-order valence-corrected chi connectivity index (χ4v) is 4.43. The van der Waals surface area contributed by atoms with Gasteiger partial charge in [-0.05, 0) is 78.9 Å². The van der Waals surface area contributed by atoms with Crippen molar-refractivity contribution in [3.63, 3.8) is 0 Å². The molecule has 1 aromatic heterocycles. The van der Waals surface area contributed by atoms with Crippen molar-refractivity contribution in [1.82, 2.24) is 9.88 Å². The Morgan fingerprint density at radius 3 is 2.24 bits per heavy atom. The van der Waals surface area contributed by atoms with Crippen LogP contribution in [-0.4, -0.2) is 72.8 Å². The number of nitrogens with zero attached hydrogens (tertiary/aromatic N) is 2. The van der Waals surface area contributed by atoms with Crippen LogP contribution in [0.15, 0.2) is 12.1 Å². The molecule has 3 aliphatic rings. The Kier molecular flexibility index (Phi) is 7.04. The maximum Gasteiger partial charge on any atom is 0.494 e. The summed E-state index contributed by atoms with van der Waals surface area (Å²) in [5.74, 6) is 0.226. The molecule has 1 aromatic rings. The van der Waals surface area contributed by atoms with E-state index in [1.807, 2.05) is 26.8 Å². The zero-order chi connectivity index (χ0) is 24.7. The molecular weight excluding hydrogens is 435 g/mol. The van der Waals surface area contributed by atoms with Gasteiger partial charge in [-0.3, -0.25) is 4.98 Å². The van der Waals surface area contributed by atoms with Gasteiger partial charge in [0, 0.05) is 24.7 Å². The van der Waals surface area contributed by atoms with Crippen molar-refractivity contribution < 1.29 is 28.3 Å². The van der Waals surface area contributed by atoms with Crippen LogP contribution in [0.1, 0.15) is 84.7 Å². The summed E-state index contributed by atoms with van der Waals surface area (Å²) in [7, 11) is -0.475. The van der Waals surface area contributed by atoms with Gasteiger partial charge in [0.25, 0.3) is 0 Å². The summed E-state index contributed by atoms with van der Waals surface area (Å²) in [5, 5.41) is 0. The summed E-state index contributed by atoms with van der Waals surface area (Å²) < 4.78 is 29.8. The van der Waals surface area contributed by atoms with Gasteiger partial charge in [-0.1, -0.05) is 0 Å². The van der Waals surface area contributed by atoms with E-state index < -0.39 is 23.9 Å². The third-order valence-corrected chi connectivity index (χ3v) is 7.12. The molecule has 1 atom stereocenters. The monoisotopic (exact) mass is 474 g/mol. The summed E-state index contributed by atoms with van der Waals surface area (Å²) in [5.41, 5.74) is 1.43. The van der Waals surface area contributed by atoms with Crippen molar-refractivity contribution in [2.45, 2.75) is 90.1 Å². The lowest BCUT2D eigenvalue weighted by molar-refractivity contribution is -0.0918. The largest absolute Gasteiger partial charge is 0.494 e. The number of carbonyl (C=O) groups is 1. The lowest BCUT2D eigenvalue weighted by Gasteiger charge is -2.33. The number of piperidine rings is 1. The Morgan fingerprint density at radius 1 is 1.06 bits per heavy atom. The van der Waals surface area contributed by atoms with Gasteiger partial charge in [-0.15, -0.1) is 0 Å². The minimum absolute atomic E-state index is 0.211. The highest BCUT2D eigenvalue weighted by atomic mass is 16.7. The lowest BCUT2D eigenvalue weighted by Crippen LogP contribution is -2.42. The molecule has 1 amide bonds. The number of aromatic nitrogens is 1. The third kappa shape index (κ3) is 5.59. The summed E-state index contributed by atoms with van der Waals surface area (Å²) in [6.45, 7) is 16.8. The van der Waals surface area contributed by atoms with E-state index in [-0.39, 0.29) is 18.1 Å². The Hall–Kier alpha value is -1.68. The number of ether oxygens (including phenoxy) is 3. The quantitative estimate of drug-likeness (QED) is 0.620. The van der Waals surface area contributed by atoms with Crippen molar-refractivity contribution in [1.29, 1.82) is 0 Å². The molecule has 3 fully saturated rings. The molecule has 9 heteroatoms. The molecule has 0 bridgehead atoms. The standard InChI is InChI=1S/C25H39BN2O6/c1-23(2,3)32-22(29)28-10-8-17(9-11-28)19-14-18(26-33-24(4,5)25(6,7)34-26)15-20(27-19)21-16-30-12-13-31-21/h14-15,17,21H,8-13,16H2,1-7H3. The average molecular weight is 474 g/mol. The smallest absolute Gasteiger partial charge is 0.444 e. The Bertz CT molecular complexity index is 870. The van der Waals surface area contributed by atoms with Gasteiger partial charge in [0.05, 0.1) is 36.7 Å². The van der Waals surface area contributed by atoms with E-state index in [0.717, 1.165) is 29.7 Å². The number of carbonyl (C=O) groups excluding carboxylic acids is 1. The molecule has 0 radical (unpaired) electrons. The first-order chi connectivity index (χ1) is 15.8. The van der Waals surface area contributed by atoms with Gasteiger partial charge >= 0.3 is 13.2 Å². The van der Waals surface area contributed by atoms with Gasteiger partial charge in [-0.25, -0.2) is 4.79 Å². The SMILES string of the molecule is CC(C)(C)OC(=O)N1CCC(c2cc(B3OC(C)(C)C(C)(C)O3)cc(C3COCCO3)n2)CC1. The van der Waals surface area contributed by atoms with Crippen LogP contribution in [-0.2, 0) is 23.5 Å². The number of rotatable bonds is 3. The van der Waals surface area contributed by atoms with E-state index >= 15 is 0 Å². The zero-order valence-corrected chi connectivity index (χ0v) is 21.7. The second-order valence-corrected chi connectivity index (χ2v) is 11.5. The molecular formula is C25H39BN2O6. The van der Waals surface area contributed by atoms with E-state index in [2.05, 4.69) is 33.8 Å². The first-order valence-corrected chi connectivity index (χ1v) is 12.4. The predicted molar refractivity (Wildman–Crippen MR) is 129 cm³/mol. The molecule has 3 saturated heterocycles. The van der Waals surface area contributed by atoms with E-state index in [1.165, 1.54) is 0 Å². The number of amides is 1. The van der Waals surface area contributed by atoms with E-state index in [0.29, 0.717) is 32.9 Å². The normalized spacial score (nSPS) is 25.4. The molecule has 0 aromatic carbocycles. The molecule has 8 nitrogen and oxygen atoms in total. The fourth-order valence-electron chi connectivity index (χ4n) is 4.43. The Labute approximate surface area is 203 Å². The van der Waals surface area contributed by atoms with Crippen LogP contribution in [0.2, 0.25) is 0 Å². The van der Waals surface area contributed by atoms with Gasteiger partial charge < -0.3 is 28.4 Å². The van der Waals surface area contributed by atoms with Gasteiger partial charge in [-0.2, -0.15) is 0 Å². The molecule has 4 heterocycles. The van der Waals surface area contributed by atoms with Crippen molar-refractivity contribution in [3.05, 3.63) is 23.5 Å². The number of pyridine rings is 1. The lowest BCUT2D eigenvalue weighted by atomic mass is 9.77. The molecule has 1 unspecified atom stereocenters. The Morgan fingerprint density at radius 2 is 1.68 bits per heavy atom. The Balaban J connectivity index is 1.55. The fraction of sp³-hybridized carbons (Fsp3) is 0.760. The van der Waals surface area contributed by atoms with E-state index in [1.54, 1.807) is 4.90 Å². The zero-order valence-electron chi connectivity index (χ0n) is 21.7. The molecule has 0 spiro atoms. The number of hydrogen-bond donors (Lipinski definition) is 0. The highest BCUT2D eigenvalue weighted by Crippen LogP contribution is 2.37. The summed E-state index contributed by atoms with van der Waals surface area (Å²) in [6.07, 6.45) is 1.18. The summed E-state index contributed by atoms with van der Waals surface area (Å²) in [6, 6.07) is 4.13.